The lowest BCUT2D eigenvalue weighted by Gasteiger charge is -2.22. The lowest BCUT2D eigenvalue weighted by Crippen LogP contribution is -2.40. The number of likely N-dealkylation sites (tertiary alicyclic amines) is 1. The van der Waals surface area contributed by atoms with E-state index in [-0.39, 0.29) is 11.5 Å². The summed E-state index contributed by atoms with van der Waals surface area (Å²) in [5.41, 5.74) is 0.516. The van der Waals surface area contributed by atoms with E-state index in [4.69, 9.17) is 0 Å². The number of hydrogen-bond donors (Lipinski definition) is 2. The Hall–Kier alpha value is -2.21. The number of rotatable bonds is 6. The first kappa shape index (κ1) is 16.6. The molecule has 6 nitrogen and oxygen atoms in total. The topological polar surface area (TPSA) is 78.1 Å². The molecule has 3 rings (SSSR count). The van der Waals surface area contributed by atoms with Gasteiger partial charge in [0.2, 0.25) is 5.91 Å². The van der Waals surface area contributed by atoms with Crippen molar-refractivity contribution in [3.63, 3.8) is 0 Å². The van der Waals surface area contributed by atoms with Gasteiger partial charge < -0.3 is 10.3 Å². The van der Waals surface area contributed by atoms with E-state index >= 15 is 0 Å². The molecule has 1 atom stereocenters. The van der Waals surface area contributed by atoms with Crippen molar-refractivity contribution in [3.8, 4) is 0 Å². The van der Waals surface area contributed by atoms with Crippen molar-refractivity contribution in [1.82, 2.24) is 20.2 Å². The second-order valence-corrected chi connectivity index (χ2v) is 6.26. The summed E-state index contributed by atoms with van der Waals surface area (Å²) >= 11 is 0. The summed E-state index contributed by atoms with van der Waals surface area (Å²) in [5.74, 6) is 0.568. The minimum absolute atomic E-state index is 0.00811. The van der Waals surface area contributed by atoms with Crippen molar-refractivity contribution >= 4 is 16.8 Å². The molecular weight excluding hydrogens is 304 g/mol. The monoisotopic (exact) mass is 328 g/mol. The summed E-state index contributed by atoms with van der Waals surface area (Å²) in [6.45, 7) is 5.01. The lowest BCUT2D eigenvalue weighted by molar-refractivity contribution is -0.121. The molecular formula is C18H24N4O2. The maximum Gasteiger partial charge on any atom is 0.258 e. The van der Waals surface area contributed by atoms with Crippen LogP contribution in [-0.4, -0.2) is 46.5 Å². The number of fused-ring (bicyclic) bond motifs is 1. The third-order valence-electron chi connectivity index (χ3n) is 4.69. The highest BCUT2D eigenvalue weighted by Gasteiger charge is 2.23. The third-order valence-corrected chi connectivity index (χ3v) is 4.69. The molecule has 0 unspecified atom stereocenters. The molecule has 0 saturated carbocycles. The average molecular weight is 328 g/mol. The summed E-state index contributed by atoms with van der Waals surface area (Å²) in [6.07, 6.45) is 3.12. The van der Waals surface area contributed by atoms with Crippen molar-refractivity contribution in [1.29, 1.82) is 0 Å². The molecule has 24 heavy (non-hydrogen) atoms. The Kier molecular flexibility index (Phi) is 5.25. The zero-order valence-corrected chi connectivity index (χ0v) is 14.0. The van der Waals surface area contributed by atoms with Gasteiger partial charge in [-0.1, -0.05) is 19.1 Å². The highest BCUT2D eigenvalue weighted by molar-refractivity contribution is 5.78. The summed E-state index contributed by atoms with van der Waals surface area (Å²) in [7, 11) is 0. The van der Waals surface area contributed by atoms with Crippen molar-refractivity contribution in [2.75, 3.05) is 19.6 Å². The van der Waals surface area contributed by atoms with E-state index in [1.807, 2.05) is 18.2 Å². The Balaban J connectivity index is 1.54. The van der Waals surface area contributed by atoms with Crippen molar-refractivity contribution in [3.05, 3.63) is 40.4 Å². The highest BCUT2D eigenvalue weighted by atomic mass is 16.1. The number of carbonyl (C=O) groups excluding carboxylic acids is 1. The molecule has 1 aromatic heterocycles. The summed E-state index contributed by atoms with van der Waals surface area (Å²) in [6, 6.07) is 7.69. The fourth-order valence-electron chi connectivity index (χ4n) is 3.35. The first-order valence-electron chi connectivity index (χ1n) is 8.66. The van der Waals surface area contributed by atoms with Gasteiger partial charge in [-0.2, -0.15) is 0 Å². The van der Waals surface area contributed by atoms with Gasteiger partial charge in [0, 0.05) is 25.4 Å². The number of H-pyrrole nitrogens is 1. The van der Waals surface area contributed by atoms with Gasteiger partial charge in [0.25, 0.3) is 5.56 Å². The normalized spacial score (nSPS) is 18.1. The molecule has 0 radical (unpaired) electrons. The average Bonchev–Trinajstić information content (AvgIpc) is 3.06. The van der Waals surface area contributed by atoms with Gasteiger partial charge in [-0.25, -0.2) is 4.98 Å². The van der Waals surface area contributed by atoms with Crippen molar-refractivity contribution in [2.24, 2.45) is 0 Å². The Morgan fingerprint density at radius 1 is 1.42 bits per heavy atom. The maximum absolute atomic E-state index is 12.1. The fourth-order valence-corrected chi connectivity index (χ4v) is 3.35. The number of hydrogen-bond acceptors (Lipinski definition) is 4. The number of benzene rings is 1. The molecule has 1 saturated heterocycles. The molecule has 1 aliphatic rings. The lowest BCUT2D eigenvalue weighted by atomic mass is 10.2. The van der Waals surface area contributed by atoms with Crippen molar-refractivity contribution in [2.45, 2.75) is 38.6 Å². The minimum Gasteiger partial charge on any atom is -0.355 e. The zero-order valence-electron chi connectivity index (χ0n) is 14.0. The third kappa shape index (κ3) is 3.82. The Labute approximate surface area is 141 Å². The van der Waals surface area contributed by atoms with E-state index in [2.05, 4.69) is 27.1 Å². The number of likely N-dealkylation sites (N-methyl/N-ethyl adjacent to an activating group) is 1. The molecule has 2 heterocycles. The van der Waals surface area contributed by atoms with E-state index in [0.717, 1.165) is 19.5 Å². The van der Waals surface area contributed by atoms with Gasteiger partial charge >= 0.3 is 0 Å². The smallest absolute Gasteiger partial charge is 0.258 e. The number of para-hydroxylation sites is 1. The van der Waals surface area contributed by atoms with Crippen LogP contribution in [0.5, 0.6) is 0 Å². The number of aromatic amines is 1. The van der Waals surface area contributed by atoms with E-state index in [1.54, 1.807) is 6.07 Å². The molecule has 2 N–H and O–H groups in total. The second kappa shape index (κ2) is 7.57. The van der Waals surface area contributed by atoms with Crippen molar-refractivity contribution < 1.29 is 4.79 Å². The van der Waals surface area contributed by atoms with Crippen LogP contribution in [0.2, 0.25) is 0 Å². The van der Waals surface area contributed by atoms with E-state index < -0.39 is 0 Å². The van der Waals surface area contributed by atoms with Crippen LogP contribution in [0.1, 0.15) is 32.0 Å². The summed E-state index contributed by atoms with van der Waals surface area (Å²) in [4.78, 5) is 33.7. The van der Waals surface area contributed by atoms with E-state index in [1.165, 1.54) is 6.42 Å². The van der Waals surface area contributed by atoms with Gasteiger partial charge in [-0.3, -0.25) is 14.5 Å². The molecule has 0 aliphatic carbocycles. The van der Waals surface area contributed by atoms with E-state index in [9.17, 15) is 9.59 Å². The molecule has 1 fully saturated rings. The van der Waals surface area contributed by atoms with Crippen LogP contribution in [0, 0.1) is 0 Å². The van der Waals surface area contributed by atoms with Crippen LogP contribution in [0.3, 0.4) is 0 Å². The first-order chi connectivity index (χ1) is 11.7. The van der Waals surface area contributed by atoms with Gasteiger partial charge in [0.05, 0.1) is 10.9 Å². The number of nitrogens with zero attached hydrogens (tertiary/aromatic N) is 2. The number of aromatic nitrogens is 2. The van der Waals surface area contributed by atoms with Crippen LogP contribution >= 0.6 is 0 Å². The second-order valence-electron chi connectivity index (χ2n) is 6.26. The molecule has 6 heteroatoms. The number of nitrogens with one attached hydrogen (secondary N) is 2. The van der Waals surface area contributed by atoms with Gasteiger partial charge in [0.15, 0.2) is 0 Å². The number of amides is 1. The van der Waals surface area contributed by atoms with Gasteiger partial charge in [-0.05, 0) is 38.1 Å². The van der Waals surface area contributed by atoms with E-state index in [0.29, 0.717) is 42.2 Å². The Morgan fingerprint density at radius 2 is 2.25 bits per heavy atom. The van der Waals surface area contributed by atoms with Crippen LogP contribution in [0.4, 0.5) is 0 Å². The fraction of sp³-hybridized carbons (Fsp3) is 0.500. The van der Waals surface area contributed by atoms with Crippen LogP contribution in [0.25, 0.3) is 10.9 Å². The largest absolute Gasteiger partial charge is 0.355 e. The molecule has 0 bridgehead atoms. The number of aryl methyl sites for hydroxylation is 1. The maximum atomic E-state index is 12.1. The van der Waals surface area contributed by atoms with Crippen LogP contribution < -0.4 is 10.9 Å². The minimum atomic E-state index is -0.152. The SMILES string of the molecule is CCN1CCC[C@H]1CNC(=O)CCc1nc2ccccc2c(=O)[nH]1. The van der Waals surface area contributed by atoms with Crippen LogP contribution in [-0.2, 0) is 11.2 Å². The molecule has 1 amide bonds. The zero-order chi connectivity index (χ0) is 16.9. The molecule has 1 aliphatic heterocycles. The Morgan fingerprint density at radius 3 is 3.08 bits per heavy atom. The van der Waals surface area contributed by atoms with Gasteiger partial charge in [-0.15, -0.1) is 0 Å². The molecule has 128 valence electrons. The number of carbonyl (C=O) groups is 1. The molecule has 1 aromatic carbocycles. The highest BCUT2D eigenvalue weighted by Crippen LogP contribution is 2.15. The summed E-state index contributed by atoms with van der Waals surface area (Å²) < 4.78 is 0. The predicted molar refractivity (Wildman–Crippen MR) is 94.0 cm³/mol. The predicted octanol–water partition coefficient (Wildman–Crippen LogP) is 1.46. The molecule has 0 spiro atoms. The van der Waals surface area contributed by atoms with Gasteiger partial charge in [0.1, 0.15) is 5.82 Å². The Bertz CT molecular complexity index is 771. The first-order valence-corrected chi connectivity index (χ1v) is 8.66. The summed E-state index contributed by atoms with van der Waals surface area (Å²) in [5, 5.41) is 3.59. The quantitative estimate of drug-likeness (QED) is 0.841. The van der Waals surface area contributed by atoms with Crippen LogP contribution in [0.15, 0.2) is 29.1 Å². The molecule has 2 aromatic rings. The standard InChI is InChI=1S/C18H24N4O2/c1-2-22-11-5-6-13(22)12-19-17(23)10-9-16-20-15-8-4-3-7-14(15)18(24)21-16/h3-4,7-8,13H,2,5-6,9-12H2,1H3,(H,19,23)(H,20,21,24)/t13-/m0/s1.